The summed E-state index contributed by atoms with van der Waals surface area (Å²) in [5, 5.41) is 9.15. The molecule has 3 N–H and O–H groups in total. The maximum Gasteiger partial charge on any atom is 0.353 e. The molecule has 110 valence electrons. The van der Waals surface area contributed by atoms with Gasteiger partial charge < -0.3 is 14.9 Å². The Morgan fingerprint density at radius 3 is 1.61 bits per heavy atom. The van der Waals surface area contributed by atoms with E-state index in [9.17, 15) is 4.57 Å². The van der Waals surface area contributed by atoms with Crippen molar-refractivity contribution in [1.29, 1.82) is 0 Å². The quantitative estimate of drug-likeness (QED) is 0.375. The number of unbranched alkanes of at least 4 members (excludes halogenated alkanes) is 9. The first-order valence-electron chi connectivity index (χ1n) is 7.21. The summed E-state index contributed by atoms with van der Waals surface area (Å²) in [5.74, 6) is -1.47. The third-order valence-corrected chi connectivity index (χ3v) is 4.24. The summed E-state index contributed by atoms with van der Waals surface area (Å²) in [7, 11) is -4.28. The zero-order chi connectivity index (χ0) is 13.9. The molecule has 0 aromatic heterocycles. The molecular formula is C13H29O4P. The minimum absolute atomic E-state index is 0.209. The lowest BCUT2D eigenvalue weighted by Crippen LogP contribution is -2.06. The minimum atomic E-state index is -4.28. The van der Waals surface area contributed by atoms with Gasteiger partial charge in [-0.2, -0.15) is 0 Å². The predicted octanol–water partition coefficient (Wildman–Crippen LogP) is 3.79. The molecule has 0 aliphatic carbocycles. The number of rotatable bonds is 12. The Hall–Kier alpha value is 0.110. The Labute approximate surface area is 111 Å². The maximum atomic E-state index is 10.7. The van der Waals surface area contributed by atoms with Gasteiger partial charge >= 0.3 is 7.60 Å². The van der Waals surface area contributed by atoms with Gasteiger partial charge in [-0.15, -0.1) is 0 Å². The van der Waals surface area contributed by atoms with Gasteiger partial charge in [0.05, 0.1) is 0 Å². The van der Waals surface area contributed by atoms with E-state index < -0.39 is 13.4 Å². The molecule has 18 heavy (non-hydrogen) atoms. The fourth-order valence-electron chi connectivity index (χ4n) is 1.98. The zero-order valence-corrected chi connectivity index (χ0v) is 12.4. The van der Waals surface area contributed by atoms with Crippen molar-refractivity contribution in [3.63, 3.8) is 0 Å². The van der Waals surface area contributed by atoms with Crippen LogP contribution in [0, 0.1) is 0 Å². The topological polar surface area (TPSA) is 77.8 Å². The third kappa shape index (κ3) is 11.2. The molecule has 0 aliphatic heterocycles. The molecule has 0 amide bonds. The Kier molecular flexibility index (Phi) is 11.0. The van der Waals surface area contributed by atoms with E-state index in [-0.39, 0.29) is 6.42 Å². The Balaban J connectivity index is 3.19. The average Bonchev–Trinajstić information content (AvgIpc) is 2.30. The van der Waals surface area contributed by atoms with Crippen LogP contribution in [-0.4, -0.2) is 20.7 Å². The normalized spacial score (nSPS) is 13.8. The van der Waals surface area contributed by atoms with Gasteiger partial charge in [0.25, 0.3) is 0 Å². The van der Waals surface area contributed by atoms with Gasteiger partial charge in [-0.05, 0) is 6.42 Å². The second-order valence-electron chi connectivity index (χ2n) is 5.04. The summed E-state index contributed by atoms with van der Waals surface area (Å²) in [6.45, 7) is 2.21. The van der Waals surface area contributed by atoms with Crippen LogP contribution >= 0.6 is 7.60 Å². The van der Waals surface area contributed by atoms with Gasteiger partial charge in [0.2, 0.25) is 0 Å². The van der Waals surface area contributed by atoms with Crippen molar-refractivity contribution in [3.05, 3.63) is 0 Å². The zero-order valence-electron chi connectivity index (χ0n) is 11.6. The van der Waals surface area contributed by atoms with Gasteiger partial charge in [0.1, 0.15) is 0 Å². The highest BCUT2D eigenvalue weighted by atomic mass is 31.2. The molecule has 0 radical (unpaired) electrons. The van der Waals surface area contributed by atoms with Crippen LogP contribution in [0.25, 0.3) is 0 Å². The molecular weight excluding hydrogens is 251 g/mol. The van der Waals surface area contributed by atoms with E-state index in [4.69, 9.17) is 14.9 Å². The molecule has 1 atom stereocenters. The SMILES string of the molecule is CCCCCCCCCCCCC(O)P(=O)(O)O. The molecule has 0 fully saturated rings. The van der Waals surface area contributed by atoms with Crippen molar-refractivity contribution in [2.45, 2.75) is 83.4 Å². The third-order valence-electron chi connectivity index (χ3n) is 3.20. The minimum Gasteiger partial charge on any atom is -0.380 e. The highest BCUT2D eigenvalue weighted by Crippen LogP contribution is 2.41. The first-order valence-corrected chi connectivity index (χ1v) is 8.90. The number of hydrogen-bond acceptors (Lipinski definition) is 2. The van der Waals surface area contributed by atoms with Crippen LogP contribution in [-0.2, 0) is 4.57 Å². The Bertz CT molecular complexity index is 227. The molecule has 0 heterocycles. The first kappa shape index (κ1) is 18.1. The summed E-state index contributed by atoms with van der Waals surface area (Å²) in [6.07, 6.45) is 12.0. The lowest BCUT2D eigenvalue weighted by atomic mass is 10.1. The van der Waals surface area contributed by atoms with Crippen LogP contribution in [0.15, 0.2) is 0 Å². The molecule has 0 saturated carbocycles. The summed E-state index contributed by atoms with van der Waals surface area (Å²) >= 11 is 0. The highest BCUT2D eigenvalue weighted by molar-refractivity contribution is 7.52. The van der Waals surface area contributed by atoms with Crippen LogP contribution in [0.5, 0.6) is 0 Å². The molecule has 0 spiro atoms. The van der Waals surface area contributed by atoms with E-state index >= 15 is 0 Å². The fraction of sp³-hybridized carbons (Fsp3) is 1.00. The maximum absolute atomic E-state index is 10.7. The van der Waals surface area contributed by atoms with Crippen molar-refractivity contribution in [2.24, 2.45) is 0 Å². The molecule has 4 nitrogen and oxygen atoms in total. The highest BCUT2D eigenvalue weighted by Gasteiger charge is 2.24. The van der Waals surface area contributed by atoms with E-state index in [1.54, 1.807) is 0 Å². The summed E-state index contributed by atoms with van der Waals surface area (Å²) in [5.41, 5.74) is 0. The van der Waals surface area contributed by atoms with Gasteiger partial charge in [0.15, 0.2) is 5.85 Å². The van der Waals surface area contributed by atoms with Crippen LogP contribution in [0.3, 0.4) is 0 Å². The lowest BCUT2D eigenvalue weighted by Gasteiger charge is -2.11. The van der Waals surface area contributed by atoms with E-state index in [2.05, 4.69) is 6.92 Å². The number of aliphatic hydroxyl groups excluding tert-OH is 1. The molecule has 0 saturated heterocycles. The molecule has 0 rings (SSSR count). The fourth-order valence-corrected chi connectivity index (χ4v) is 2.50. The van der Waals surface area contributed by atoms with Gasteiger partial charge in [-0.1, -0.05) is 71.1 Å². The average molecular weight is 280 g/mol. The molecule has 5 heteroatoms. The van der Waals surface area contributed by atoms with E-state index in [0.717, 1.165) is 12.8 Å². The van der Waals surface area contributed by atoms with Crippen molar-refractivity contribution in [2.75, 3.05) is 0 Å². The Morgan fingerprint density at radius 2 is 1.22 bits per heavy atom. The van der Waals surface area contributed by atoms with E-state index in [1.807, 2.05) is 0 Å². The molecule has 0 aromatic carbocycles. The second kappa shape index (κ2) is 11.0. The van der Waals surface area contributed by atoms with Gasteiger partial charge in [-0.25, -0.2) is 0 Å². The van der Waals surface area contributed by atoms with E-state index in [1.165, 1.54) is 44.9 Å². The van der Waals surface area contributed by atoms with Crippen molar-refractivity contribution < 1.29 is 19.5 Å². The molecule has 0 bridgehead atoms. The van der Waals surface area contributed by atoms with Crippen molar-refractivity contribution in [1.82, 2.24) is 0 Å². The Morgan fingerprint density at radius 1 is 0.833 bits per heavy atom. The summed E-state index contributed by atoms with van der Waals surface area (Å²) < 4.78 is 10.7. The van der Waals surface area contributed by atoms with Crippen LogP contribution < -0.4 is 0 Å². The van der Waals surface area contributed by atoms with Crippen LogP contribution in [0.4, 0.5) is 0 Å². The summed E-state index contributed by atoms with van der Waals surface area (Å²) in [4.78, 5) is 17.4. The number of hydrogen-bond donors (Lipinski definition) is 3. The predicted molar refractivity (Wildman–Crippen MR) is 74.5 cm³/mol. The van der Waals surface area contributed by atoms with E-state index in [0.29, 0.717) is 6.42 Å². The summed E-state index contributed by atoms with van der Waals surface area (Å²) in [6, 6.07) is 0. The monoisotopic (exact) mass is 280 g/mol. The van der Waals surface area contributed by atoms with Crippen molar-refractivity contribution >= 4 is 7.60 Å². The standard InChI is InChI=1S/C13H29O4P/c1-2-3-4-5-6-7-8-9-10-11-12-13(14)18(15,16)17/h13-14H,2-12H2,1H3,(H2,15,16,17). The van der Waals surface area contributed by atoms with Crippen LogP contribution in [0.1, 0.15) is 77.6 Å². The van der Waals surface area contributed by atoms with Gasteiger partial charge in [-0.3, -0.25) is 4.57 Å². The molecule has 1 unspecified atom stereocenters. The smallest absolute Gasteiger partial charge is 0.353 e. The largest absolute Gasteiger partial charge is 0.380 e. The second-order valence-corrected chi connectivity index (χ2v) is 6.81. The molecule has 0 aromatic rings. The van der Waals surface area contributed by atoms with Crippen molar-refractivity contribution in [3.8, 4) is 0 Å². The number of aliphatic hydroxyl groups is 1. The van der Waals surface area contributed by atoms with Gasteiger partial charge in [0, 0.05) is 0 Å². The lowest BCUT2D eigenvalue weighted by molar-refractivity contribution is 0.190. The molecule has 0 aliphatic rings. The first-order chi connectivity index (χ1) is 8.48. The van der Waals surface area contributed by atoms with Crippen LogP contribution in [0.2, 0.25) is 0 Å².